The first kappa shape index (κ1) is 9.28. The largest absolute Gasteiger partial charge is 0.213 e. The average Bonchev–Trinajstić information content (AvgIpc) is 2.21. The number of hydrogen-bond donors (Lipinski definition) is 0. The third kappa shape index (κ3) is 0.634. The highest BCUT2D eigenvalue weighted by Gasteiger charge is 2.64. The third-order valence-corrected chi connectivity index (χ3v) is 2.16. The minimum atomic E-state index is -1.93. The van der Waals surface area contributed by atoms with Crippen molar-refractivity contribution in [2.45, 2.75) is 0 Å². The summed E-state index contributed by atoms with van der Waals surface area (Å²) in [4.78, 5) is 0. The molecule has 0 bridgehead atoms. The Labute approximate surface area is 79.9 Å². The molecule has 0 aromatic rings. The third-order valence-electron chi connectivity index (χ3n) is 2.16. The molecule has 62 valence electrons. The van der Waals surface area contributed by atoms with E-state index in [9.17, 15) is 0 Å². The van der Waals surface area contributed by atoms with E-state index in [0.717, 1.165) is 6.08 Å². The quantitative estimate of drug-likeness (QED) is 0.536. The van der Waals surface area contributed by atoms with Gasteiger partial charge in [-0.05, 0) is 6.08 Å². The lowest BCUT2D eigenvalue weighted by Gasteiger charge is -2.36. The molecule has 5 heteroatoms. The topological polar surface area (TPSA) is 119 Å². The lowest BCUT2D eigenvalue weighted by Crippen LogP contribution is -2.46. The fourth-order valence-electron chi connectivity index (χ4n) is 1.26. The Morgan fingerprint density at radius 3 is 1.64 bits per heavy atom. The van der Waals surface area contributed by atoms with E-state index in [1.54, 1.807) is 30.3 Å². The first-order valence-electron chi connectivity index (χ1n) is 3.45. The Balaban J connectivity index is 3.53. The maximum atomic E-state index is 8.77. The molecule has 0 saturated heterocycles. The van der Waals surface area contributed by atoms with E-state index in [-0.39, 0.29) is 5.57 Å². The van der Waals surface area contributed by atoms with Gasteiger partial charge in [0.1, 0.15) is 0 Å². The summed E-state index contributed by atoms with van der Waals surface area (Å²) < 4.78 is 0. The molecule has 14 heavy (non-hydrogen) atoms. The van der Waals surface area contributed by atoms with E-state index >= 15 is 0 Å². The van der Waals surface area contributed by atoms with Crippen LogP contribution in [-0.4, -0.2) is 0 Å². The van der Waals surface area contributed by atoms with Crippen molar-refractivity contribution < 1.29 is 0 Å². The van der Waals surface area contributed by atoms with Crippen molar-refractivity contribution in [1.82, 2.24) is 0 Å². The number of nitriles is 5. The van der Waals surface area contributed by atoms with E-state index < -0.39 is 10.8 Å². The van der Waals surface area contributed by atoms with Gasteiger partial charge in [0.05, 0.1) is 35.9 Å². The van der Waals surface area contributed by atoms with Gasteiger partial charge in [-0.2, -0.15) is 26.3 Å². The molecule has 1 aliphatic rings. The standard InChI is InChI=1S/C9HN5/c10-2-7-1-8(3-11,4-12)9(7,5-13)6-14/h1H. The average molecular weight is 179 g/mol. The van der Waals surface area contributed by atoms with Crippen LogP contribution in [0.3, 0.4) is 0 Å². The number of rotatable bonds is 0. The number of nitrogens with zero attached hydrogens (tertiary/aromatic N) is 5. The molecule has 0 spiro atoms. The van der Waals surface area contributed by atoms with E-state index in [1.807, 2.05) is 0 Å². The minimum Gasteiger partial charge on any atom is -0.196 e. The van der Waals surface area contributed by atoms with Crippen molar-refractivity contribution >= 4 is 0 Å². The normalized spacial score (nSPS) is 19.2. The van der Waals surface area contributed by atoms with E-state index in [1.165, 1.54) is 0 Å². The SMILES string of the molecule is N#CC1=CC(C#N)(C#N)C1(C#N)C#N. The molecule has 1 rings (SSSR count). The van der Waals surface area contributed by atoms with Gasteiger partial charge in [0.15, 0.2) is 5.41 Å². The Hall–Kier alpha value is -2.81. The van der Waals surface area contributed by atoms with E-state index in [4.69, 9.17) is 26.3 Å². The highest BCUT2D eigenvalue weighted by molar-refractivity contribution is 5.62. The van der Waals surface area contributed by atoms with Gasteiger partial charge >= 0.3 is 0 Å². The fraction of sp³-hybridized carbons (Fsp3) is 0.222. The van der Waals surface area contributed by atoms with Crippen LogP contribution in [-0.2, 0) is 0 Å². The summed E-state index contributed by atoms with van der Waals surface area (Å²) in [7, 11) is 0. The second-order valence-corrected chi connectivity index (χ2v) is 2.68. The number of allylic oxidation sites excluding steroid dienone is 2. The van der Waals surface area contributed by atoms with Gasteiger partial charge in [-0.1, -0.05) is 0 Å². The first-order valence-corrected chi connectivity index (χ1v) is 3.45. The summed E-state index contributed by atoms with van der Waals surface area (Å²) in [5, 5.41) is 43.5. The van der Waals surface area contributed by atoms with Crippen LogP contribution in [0.1, 0.15) is 0 Å². The maximum Gasteiger partial charge on any atom is 0.213 e. The van der Waals surface area contributed by atoms with Gasteiger partial charge in [-0.3, -0.25) is 0 Å². The highest BCUT2D eigenvalue weighted by atomic mass is 14.6. The van der Waals surface area contributed by atoms with Crippen LogP contribution >= 0.6 is 0 Å². The zero-order valence-corrected chi connectivity index (χ0v) is 6.81. The Morgan fingerprint density at radius 2 is 1.36 bits per heavy atom. The molecule has 0 aromatic heterocycles. The van der Waals surface area contributed by atoms with Crippen molar-refractivity contribution in [3.05, 3.63) is 11.6 Å². The molecule has 0 aromatic carbocycles. The molecule has 0 atom stereocenters. The summed E-state index contributed by atoms with van der Waals surface area (Å²) in [5.41, 5.74) is -3.86. The Bertz CT molecular complexity index is 492. The van der Waals surface area contributed by atoms with Crippen LogP contribution in [0.4, 0.5) is 0 Å². The van der Waals surface area contributed by atoms with Crippen molar-refractivity contribution in [1.29, 1.82) is 26.3 Å². The molecular weight excluding hydrogens is 178 g/mol. The molecule has 0 radical (unpaired) electrons. The summed E-state index contributed by atoms with van der Waals surface area (Å²) >= 11 is 0. The molecule has 0 aliphatic heterocycles. The number of hydrogen-bond acceptors (Lipinski definition) is 5. The second-order valence-electron chi connectivity index (χ2n) is 2.68. The minimum absolute atomic E-state index is 0.134. The lowest BCUT2D eigenvalue weighted by atomic mass is 9.53. The summed E-state index contributed by atoms with van der Waals surface area (Å²) in [6, 6.07) is 7.93. The first-order chi connectivity index (χ1) is 6.66. The smallest absolute Gasteiger partial charge is 0.196 e. The van der Waals surface area contributed by atoms with Gasteiger partial charge in [0.25, 0.3) is 0 Å². The fourth-order valence-corrected chi connectivity index (χ4v) is 1.26. The summed E-state index contributed by atoms with van der Waals surface area (Å²) in [6.07, 6.45) is 1.06. The lowest BCUT2D eigenvalue weighted by molar-refractivity contribution is 0.380. The summed E-state index contributed by atoms with van der Waals surface area (Å²) in [5.74, 6) is 0. The van der Waals surface area contributed by atoms with Gasteiger partial charge in [-0.15, -0.1) is 0 Å². The molecule has 0 N–H and O–H groups in total. The summed E-state index contributed by atoms with van der Waals surface area (Å²) in [6.45, 7) is 0. The Morgan fingerprint density at radius 1 is 0.857 bits per heavy atom. The monoisotopic (exact) mass is 179 g/mol. The van der Waals surface area contributed by atoms with E-state index in [0.29, 0.717) is 0 Å². The van der Waals surface area contributed by atoms with Crippen LogP contribution in [0, 0.1) is 67.5 Å². The van der Waals surface area contributed by atoms with Gasteiger partial charge in [0, 0.05) is 0 Å². The van der Waals surface area contributed by atoms with Gasteiger partial charge in [-0.25, -0.2) is 0 Å². The molecule has 0 heterocycles. The van der Waals surface area contributed by atoms with Crippen molar-refractivity contribution in [3.8, 4) is 30.3 Å². The molecular formula is C9HN5. The zero-order chi connectivity index (χ0) is 10.8. The molecule has 0 saturated carbocycles. The van der Waals surface area contributed by atoms with Crippen LogP contribution < -0.4 is 0 Å². The van der Waals surface area contributed by atoms with Crippen molar-refractivity contribution in [2.24, 2.45) is 10.8 Å². The molecule has 1 aliphatic carbocycles. The van der Waals surface area contributed by atoms with Crippen molar-refractivity contribution in [3.63, 3.8) is 0 Å². The highest BCUT2D eigenvalue weighted by Crippen LogP contribution is 2.53. The van der Waals surface area contributed by atoms with Gasteiger partial charge in [0.2, 0.25) is 5.41 Å². The van der Waals surface area contributed by atoms with E-state index in [2.05, 4.69) is 0 Å². The predicted molar refractivity (Wildman–Crippen MR) is 41.0 cm³/mol. The van der Waals surface area contributed by atoms with Crippen molar-refractivity contribution in [2.75, 3.05) is 0 Å². The van der Waals surface area contributed by atoms with Crippen LogP contribution in [0.25, 0.3) is 0 Å². The zero-order valence-electron chi connectivity index (χ0n) is 6.81. The molecule has 0 amide bonds. The predicted octanol–water partition coefficient (Wildman–Crippen LogP) is 0.517. The molecule has 5 nitrogen and oxygen atoms in total. The maximum absolute atomic E-state index is 8.77. The molecule has 0 fully saturated rings. The molecule has 0 unspecified atom stereocenters. The van der Waals surface area contributed by atoms with Gasteiger partial charge < -0.3 is 0 Å². The second kappa shape index (κ2) is 2.60. The van der Waals surface area contributed by atoms with Crippen LogP contribution in [0.5, 0.6) is 0 Å². The van der Waals surface area contributed by atoms with Crippen LogP contribution in [0.15, 0.2) is 11.6 Å². The van der Waals surface area contributed by atoms with Crippen LogP contribution in [0.2, 0.25) is 0 Å². The Kier molecular flexibility index (Phi) is 1.72.